The Hall–Kier alpha value is -2.25. The first kappa shape index (κ1) is 16.2. The molecule has 0 saturated carbocycles. The first-order valence-electron chi connectivity index (χ1n) is 8.53. The number of aryl methyl sites for hydroxylation is 2. The van der Waals surface area contributed by atoms with Crippen molar-refractivity contribution in [1.29, 1.82) is 0 Å². The molecule has 7 heteroatoms. The van der Waals surface area contributed by atoms with Crippen LogP contribution in [0.1, 0.15) is 35.8 Å². The van der Waals surface area contributed by atoms with Gasteiger partial charge in [0, 0.05) is 31.4 Å². The average Bonchev–Trinajstić information content (AvgIpc) is 3.32. The van der Waals surface area contributed by atoms with Crippen LogP contribution in [0.15, 0.2) is 36.2 Å². The number of imidazole rings is 1. The summed E-state index contributed by atoms with van der Waals surface area (Å²) in [7, 11) is 2.01. The van der Waals surface area contributed by atoms with Gasteiger partial charge in [-0.3, -0.25) is 4.90 Å². The first-order chi connectivity index (χ1) is 12.2. The molecule has 1 N–H and O–H groups in total. The highest BCUT2D eigenvalue weighted by molar-refractivity contribution is 7.13. The van der Waals surface area contributed by atoms with Gasteiger partial charge in [-0.25, -0.2) is 15.0 Å². The molecule has 130 valence electrons. The molecule has 1 aliphatic rings. The van der Waals surface area contributed by atoms with Gasteiger partial charge in [-0.05, 0) is 37.9 Å². The fourth-order valence-corrected chi connectivity index (χ4v) is 4.02. The Kier molecular flexibility index (Phi) is 4.50. The molecular formula is C18H22N6S. The Morgan fingerprint density at radius 2 is 2.24 bits per heavy atom. The highest BCUT2D eigenvalue weighted by atomic mass is 32.1. The van der Waals surface area contributed by atoms with Gasteiger partial charge in [0.1, 0.15) is 5.82 Å². The summed E-state index contributed by atoms with van der Waals surface area (Å²) in [6.45, 7) is 4.01. The smallest absolute Gasteiger partial charge is 0.188 e. The minimum atomic E-state index is 0.375. The third-order valence-corrected chi connectivity index (χ3v) is 5.27. The number of nitrogens with one attached hydrogen (secondary N) is 1. The van der Waals surface area contributed by atoms with E-state index in [-0.39, 0.29) is 0 Å². The van der Waals surface area contributed by atoms with Crippen LogP contribution in [0.4, 0.5) is 10.9 Å². The summed E-state index contributed by atoms with van der Waals surface area (Å²) in [6, 6.07) is 4.41. The minimum absolute atomic E-state index is 0.375. The van der Waals surface area contributed by atoms with Gasteiger partial charge in [0.05, 0.1) is 23.8 Å². The normalized spacial score (nSPS) is 17.9. The molecule has 3 aromatic heterocycles. The fourth-order valence-electron chi connectivity index (χ4n) is 3.25. The second-order valence-electron chi connectivity index (χ2n) is 6.58. The third-order valence-electron chi connectivity index (χ3n) is 4.50. The van der Waals surface area contributed by atoms with Gasteiger partial charge in [0.25, 0.3) is 0 Å². The van der Waals surface area contributed by atoms with Crippen LogP contribution in [-0.4, -0.2) is 31.0 Å². The van der Waals surface area contributed by atoms with Crippen molar-refractivity contribution in [2.45, 2.75) is 32.4 Å². The van der Waals surface area contributed by atoms with Gasteiger partial charge >= 0.3 is 0 Å². The summed E-state index contributed by atoms with van der Waals surface area (Å²) in [5, 5.41) is 6.37. The molecule has 1 fully saturated rings. The summed E-state index contributed by atoms with van der Waals surface area (Å²) in [4.78, 5) is 16.1. The van der Waals surface area contributed by atoms with Crippen molar-refractivity contribution in [2.24, 2.45) is 7.05 Å². The van der Waals surface area contributed by atoms with Crippen LogP contribution < -0.4 is 5.32 Å². The van der Waals surface area contributed by atoms with Crippen LogP contribution in [0.5, 0.6) is 0 Å². The van der Waals surface area contributed by atoms with Crippen molar-refractivity contribution in [1.82, 2.24) is 24.4 Å². The summed E-state index contributed by atoms with van der Waals surface area (Å²) in [6.07, 6.45) is 8.17. The maximum Gasteiger partial charge on any atom is 0.188 e. The lowest BCUT2D eigenvalue weighted by atomic mass is 10.1. The molecule has 4 rings (SSSR count). The van der Waals surface area contributed by atoms with E-state index < -0.39 is 0 Å². The number of anilines is 2. The summed E-state index contributed by atoms with van der Waals surface area (Å²) >= 11 is 1.64. The molecule has 1 saturated heterocycles. The van der Waals surface area contributed by atoms with E-state index in [1.807, 2.05) is 37.1 Å². The Labute approximate surface area is 151 Å². The molecule has 1 unspecified atom stereocenters. The Morgan fingerprint density at radius 1 is 1.32 bits per heavy atom. The number of likely N-dealkylation sites (tertiary alicyclic amines) is 1. The van der Waals surface area contributed by atoms with E-state index in [1.54, 1.807) is 11.3 Å². The SMILES string of the molecule is Cc1ccc(Nc2nc(C3CCCN3Cc3cn(C)cn3)cs2)nc1. The van der Waals surface area contributed by atoms with Gasteiger partial charge in [0.15, 0.2) is 5.13 Å². The van der Waals surface area contributed by atoms with Gasteiger partial charge in [0.2, 0.25) is 0 Å². The van der Waals surface area contributed by atoms with Crippen molar-refractivity contribution >= 4 is 22.3 Å². The van der Waals surface area contributed by atoms with Gasteiger partial charge in [-0.2, -0.15) is 0 Å². The van der Waals surface area contributed by atoms with Crippen LogP contribution in [0.25, 0.3) is 0 Å². The van der Waals surface area contributed by atoms with Crippen molar-refractivity contribution < 1.29 is 0 Å². The van der Waals surface area contributed by atoms with Gasteiger partial charge in [-0.1, -0.05) is 6.07 Å². The second-order valence-corrected chi connectivity index (χ2v) is 7.44. The lowest BCUT2D eigenvalue weighted by Gasteiger charge is -2.21. The summed E-state index contributed by atoms with van der Waals surface area (Å²) in [5.74, 6) is 0.836. The van der Waals surface area contributed by atoms with E-state index in [4.69, 9.17) is 4.98 Å². The molecular weight excluding hydrogens is 332 g/mol. The number of aromatic nitrogens is 4. The molecule has 0 bridgehead atoms. The van der Waals surface area contributed by atoms with Crippen LogP contribution in [-0.2, 0) is 13.6 Å². The van der Waals surface area contributed by atoms with Crippen molar-refractivity contribution in [3.05, 3.63) is 53.2 Å². The molecule has 0 radical (unpaired) electrons. The molecule has 25 heavy (non-hydrogen) atoms. The van der Waals surface area contributed by atoms with Crippen molar-refractivity contribution in [2.75, 3.05) is 11.9 Å². The first-order valence-corrected chi connectivity index (χ1v) is 9.41. The number of pyridine rings is 1. The van der Waals surface area contributed by atoms with E-state index in [2.05, 4.69) is 37.8 Å². The van der Waals surface area contributed by atoms with Crippen LogP contribution in [0.3, 0.4) is 0 Å². The zero-order chi connectivity index (χ0) is 17.2. The quantitative estimate of drug-likeness (QED) is 0.758. The highest BCUT2D eigenvalue weighted by Crippen LogP contribution is 2.34. The molecule has 1 atom stereocenters. The molecule has 0 aliphatic carbocycles. The van der Waals surface area contributed by atoms with Crippen molar-refractivity contribution in [3.8, 4) is 0 Å². The summed E-state index contributed by atoms with van der Waals surface area (Å²) in [5.41, 5.74) is 3.42. The lowest BCUT2D eigenvalue weighted by molar-refractivity contribution is 0.242. The van der Waals surface area contributed by atoms with E-state index in [0.29, 0.717) is 6.04 Å². The minimum Gasteiger partial charge on any atom is -0.340 e. The van der Waals surface area contributed by atoms with Crippen LogP contribution >= 0.6 is 11.3 Å². The molecule has 3 aromatic rings. The predicted octanol–water partition coefficient (Wildman–Crippen LogP) is 3.66. The number of rotatable bonds is 5. The lowest BCUT2D eigenvalue weighted by Crippen LogP contribution is -2.23. The van der Waals surface area contributed by atoms with Crippen molar-refractivity contribution in [3.63, 3.8) is 0 Å². The number of hydrogen-bond donors (Lipinski definition) is 1. The largest absolute Gasteiger partial charge is 0.340 e. The maximum atomic E-state index is 4.81. The number of hydrogen-bond acceptors (Lipinski definition) is 6. The number of thiazole rings is 1. The summed E-state index contributed by atoms with van der Waals surface area (Å²) < 4.78 is 2.00. The Balaban J connectivity index is 1.45. The molecule has 4 heterocycles. The number of nitrogens with zero attached hydrogens (tertiary/aromatic N) is 5. The monoisotopic (exact) mass is 354 g/mol. The zero-order valence-corrected chi connectivity index (χ0v) is 15.3. The van der Waals surface area contributed by atoms with Gasteiger partial charge < -0.3 is 9.88 Å². The second kappa shape index (κ2) is 6.93. The van der Waals surface area contributed by atoms with E-state index in [0.717, 1.165) is 47.4 Å². The maximum absolute atomic E-state index is 4.81. The zero-order valence-electron chi connectivity index (χ0n) is 14.5. The van der Waals surface area contributed by atoms with Crippen LogP contribution in [0, 0.1) is 6.92 Å². The fraction of sp³-hybridized carbons (Fsp3) is 0.389. The third kappa shape index (κ3) is 3.72. The molecule has 1 aliphatic heterocycles. The van der Waals surface area contributed by atoms with E-state index in [9.17, 15) is 0 Å². The van der Waals surface area contributed by atoms with E-state index >= 15 is 0 Å². The standard InChI is InChI=1S/C18H22N6S/c1-13-5-6-17(19-8-13)22-18-21-15(11-25-18)16-4-3-7-24(16)10-14-9-23(2)12-20-14/h5-6,8-9,11-12,16H,3-4,7,10H2,1-2H3,(H,19,21,22). The molecule has 0 aromatic carbocycles. The molecule has 6 nitrogen and oxygen atoms in total. The highest BCUT2D eigenvalue weighted by Gasteiger charge is 2.28. The van der Waals surface area contributed by atoms with E-state index in [1.165, 1.54) is 6.42 Å². The Morgan fingerprint density at radius 3 is 3.00 bits per heavy atom. The molecule has 0 amide bonds. The average molecular weight is 354 g/mol. The Bertz CT molecular complexity index is 837. The topological polar surface area (TPSA) is 58.9 Å². The van der Waals surface area contributed by atoms with Gasteiger partial charge in [-0.15, -0.1) is 11.3 Å². The van der Waals surface area contributed by atoms with Crippen LogP contribution in [0.2, 0.25) is 0 Å². The molecule has 0 spiro atoms. The predicted molar refractivity (Wildman–Crippen MR) is 100.0 cm³/mol.